The van der Waals surface area contributed by atoms with E-state index in [-0.39, 0.29) is 12.1 Å². The monoisotopic (exact) mass is 272 g/mol. The summed E-state index contributed by atoms with van der Waals surface area (Å²) in [5.74, 6) is 0.840. The van der Waals surface area contributed by atoms with Gasteiger partial charge in [0.25, 0.3) is 5.56 Å². The fourth-order valence-electron chi connectivity index (χ4n) is 2.18. The highest BCUT2D eigenvalue weighted by molar-refractivity contribution is 5.27. The van der Waals surface area contributed by atoms with Gasteiger partial charge in [-0.1, -0.05) is 18.2 Å². The molecule has 0 unspecified atom stereocenters. The van der Waals surface area contributed by atoms with Gasteiger partial charge in [-0.05, 0) is 37.1 Å². The van der Waals surface area contributed by atoms with Crippen LogP contribution in [0.25, 0.3) is 0 Å². The molecule has 4 nitrogen and oxygen atoms in total. The molecule has 0 aliphatic rings. The van der Waals surface area contributed by atoms with Gasteiger partial charge in [0.05, 0.1) is 7.11 Å². The van der Waals surface area contributed by atoms with Gasteiger partial charge in [0.2, 0.25) is 0 Å². The highest BCUT2D eigenvalue weighted by Crippen LogP contribution is 2.12. The van der Waals surface area contributed by atoms with Gasteiger partial charge in [0.15, 0.2) is 0 Å². The zero-order valence-electron chi connectivity index (χ0n) is 11.9. The van der Waals surface area contributed by atoms with Crippen molar-refractivity contribution in [2.45, 2.75) is 26.4 Å². The Morgan fingerprint density at radius 2 is 1.85 bits per heavy atom. The molecule has 1 aromatic heterocycles. The second-order valence-electron chi connectivity index (χ2n) is 4.76. The lowest BCUT2D eigenvalue weighted by Gasteiger charge is -2.11. The molecule has 0 aliphatic carbocycles. The largest absolute Gasteiger partial charge is 0.497 e. The van der Waals surface area contributed by atoms with E-state index < -0.39 is 0 Å². The van der Waals surface area contributed by atoms with Crippen LogP contribution in [0.5, 0.6) is 5.75 Å². The minimum Gasteiger partial charge on any atom is -0.497 e. The lowest BCUT2D eigenvalue weighted by molar-refractivity contribution is 0.414. The van der Waals surface area contributed by atoms with E-state index in [0.29, 0.717) is 12.1 Å². The molecule has 0 bridgehead atoms. The van der Waals surface area contributed by atoms with Crippen molar-refractivity contribution in [2.75, 3.05) is 7.11 Å². The molecule has 2 N–H and O–H groups in total. The fraction of sp³-hybridized carbons (Fsp3) is 0.312. The molecule has 1 heterocycles. The van der Waals surface area contributed by atoms with Crippen LogP contribution in [-0.2, 0) is 19.5 Å². The lowest BCUT2D eigenvalue weighted by atomic mass is 10.1. The number of nitrogens with zero attached hydrogens (tertiary/aromatic N) is 1. The molecule has 0 aliphatic heterocycles. The van der Waals surface area contributed by atoms with Crippen molar-refractivity contribution in [2.24, 2.45) is 5.73 Å². The van der Waals surface area contributed by atoms with E-state index in [9.17, 15) is 4.79 Å². The number of methoxy groups -OCH3 is 1. The first-order valence-corrected chi connectivity index (χ1v) is 6.68. The zero-order chi connectivity index (χ0) is 14.5. The van der Waals surface area contributed by atoms with E-state index in [0.717, 1.165) is 17.9 Å². The first-order valence-electron chi connectivity index (χ1n) is 6.68. The van der Waals surface area contributed by atoms with Gasteiger partial charge in [0.1, 0.15) is 5.75 Å². The standard InChI is InChI=1S/C16H20N2O2/c1-12-3-6-14(11-17)16(19)18(12)10-9-13-4-7-15(20-2)8-5-13/h3-8H,9-11,17H2,1-2H3. The van der Waals surface area contributed by atoms with Crippen LogP contribution in [0.4, 0.5) is 0 Å². The number of hydrogen-bond acceptors (Lipinski definition) is 3. The number of pyridine rings is 1. The Bertz CT molecular complexity index is 630. The second-order valence-corrected chi connectivity index (χ2v) is 4.76. The Hall–Kier alpha value is -2.07. The van der Waals surface area contributed by atoms with Crippen molar-refractivity contribution in [3.63, 3.8) is 0 Å². The molecule has 1 aromatic carbocycles. The maximum absolute atomic E-state index is 12.2. The van der Waals surface area contributed by atoms with E-state index in [1.165, 1.54) is 5.56 Å². The Kier molecular flexibility index (Phi) is 4.58. The molecule has 2 aromatic rings. The van der Waals surface area contributed by atoms with Crippen LogP contribution in [0.3, 0.4) is 0 Å². The first kappa shape index (κ1) is 14.3. The van der Waals surface area contributed by atoms with Crippen molar-refractivity contribution in [3.05, 3.63) is 63.6 Å². The third-order valence-electron chi connectivity index (χ3n) is 3.47. The van der Waals surface area contributed by atoms with Crippen molar-refractivity contribution in [1.29, 1.82) is 0 Å². The molecule has 4 heteroatoms. The Morgan fingerprint density at radius 3 is 2.45 bits per heavy atom. The van der Waals surface area contributed by atoms with Crippen LogP contribution in [0.1, 0.15) is 16.8 Å². The summed E-state index contributed by atoms with van der Waals surface area (Å²) in [4.78, 5) is 12.2. The van der Waals surface area contributed by atoms with Gasteiger partial charge in [0, 0.05) is 24.3 Å². The van der Waals surface area contributed by atoms with Crippen LogP contribution in [0, 0.1) is 6.92 Å². The number of hydrogen-bond donors (Lipinski definition) is 1. The average molecular weight is 272 g/mol. The molecule has 20 heavy (non-hydrogen) atoms. The number of aromatic nitrogens is 1. The normalized spacial score (nSPS) is 10.6. The number of nitrogens with two attached hydrogens (primary N) is 1. The summed E-state index contributed by atoms with van der Waals surface area (Å²) < 4.78 is 6.92. The molecule has 0 atom stereocenters. The summed E-state index contributed by atoms with van der Waals surface area (Å²) in [5, 5.41) is 0. The zero-order valence-corrected chi connectivity index (χ0v) is 11.9. The van der Waals surface area contributed by atoms with Crippen LogP contribution < -0.4 is 16.0 Å². The van der Waals surface area contributed by atoms with E-state index in [1.54, 1.807) is 11.7 Å². The molecule has 2 rings (SSSR count). The summed E-state index contributed by atoms with van der Waals surface area (Å²) >= 11 is 0. The van der Waals surface area contributed by atoms with E-state index in [2.05, 4.69) is 0 Å². The first-order chi connectivity index (χ1) is 9.65. The van der Waals surface area contributed by atoms with Gasteiger partial charge < -0.3 is 15.0 Å². The van der Waals surface area contributed by atoms with E-state index in [1.807, 2.05) is 43.3 Å². The van der Waals surface area contributed by atoms with E-state index >= 15 is 0 Å². The molecule has 0 fully saturated rings. The summed E-state index contributed by atoms with van der Waals surface area (Å²) in [7, 11) is 1.65. The molecule has 0 radical (unpaired) electrons. The molecule has 0 saturated heterocycles. The summed E-state index contributed by atoms with van der Waals surface area (Å²) in [6.45, 7) is 2.88. The smallest absolute Gasteiger partial charge is 0.255 e. The van der Waals surface area contributed by atoms with Crippen molar-refractivity contribution < 1.29 is 4.74 Å². The molecule has 106 valence electrons. The second kappa shape index (κ2) is 6.39. The SMILES string of the molecule is COc1ccc(CCn2c(C)ccc(CN)c2=O)cc1. The van der Waals surface area contributed by atoms with Crippen LogP contribution in [0.2, 0.25) is 0 Å². The Labute approximate surface area is 118 Å². The molecular formula is C16H20N2O2. The highest BCUT2D eigenvalue weighted by Gasteiger charge is 2.05. The minimum absolute atomic E-state index is 0.0148. The summed E-state index contributed by atoms with van der Waals surface area (Å²) in [6.07, 6.45) is 0.804. The van der Waals surface area contributed by atoms with Crippen LogP contribution in [-0.4, -0.2) is 11.7 Å². The maximum atomic E-state index is 12.2. The summed E-state index contributed by atoms with van der Waals surface area (Å²) in [5.41, 5.74) is 8.39. The summed E-state index contributed by atoms with van der Waals surface area (Å²) in [6, 6.07) is 11.7. The maximum Gasteiger partial charge on any atom is 0.255 e. The van der Waals surface area contributed by atoms with Gasteiger partial charge in [-0.3, -0.25) is 4.79 Å². The van der Waals surface area contributed by atoms with Crippen molar-refractivity contribution in [3.8, 4) is 5.75 Å². The molecule has 0 amide bonds. The van der Waals surface area contributed by atoms with Gasteiger partial charge in [-0.15, -0.1) is 0 Å². The third kappa shape index (κ3) is 3.08. The predicted octanol–water partition coefficient (Wildman–Crippen LogP) is 1.87. The fourth-order valence-corrected chi connectivity index (χ4v) is 2.18. The molecule has 0 saturated carbocycles. The number of ether oxygens (including phenoxy) is 1. The van der Waals surface area contributed by atoms with Gasteiger partial charge >= 0.3 is 0 Å². The van der Waals surface area contributed by atoms with Gasteiger partial charge in [-0.2, -0.15) is 0 Å². The minimum atomic E-state index is 0.0148. The predicted molar refractivity (Wildman–Crippen MR) is 80.0 cm³/mol. The van der Waals surface area contributed by atoms with Crippen molar-refractivity contribution in [1.82, 2.24) is 4.57 Å². The molecular weight excluding hydrogens is 252 g/mol. The quantitative estimate of drug-likeness (QED) is 0.904. The number of aryl methyl sites for hydroxylation is 2. The van der Waals surface area contributed by atoms with E-state index in [4.69, 9.17) is 10.5 Å². The topological polar surface area (TPSA) is 57.2 Å². The third-order valence-corrected chi connectivity index (χ3v) is 3.47. The van der Waals surface area contributed by atoms with Crippen LogP contribution in [0.15, 0.2) is 41.2 Å². The Balaban J connectivity index is 2.16. The number of benzene rings is 1. The number of rotatable bonds is 5. The Morgan fingerprint density at radius 1 is 1.15 bits per heavy atom. The lowest BCUT2D eigenvalue weighted by Crippen LogP contribution is -2.27. The average Bonchev–Trinajstić information content (AvgIpc) is 2.48. The van der Waals surface area contributed by atoms with Gasteiger partial charge in [-0.25, -0.2) is 0 Å². The molecule has 0 spiro atoms. The van der Waals surface area contributed by atoms with Crippen molar-refractivity contribution >= 4 is 0 Å². The van der Waals surface area contributed by atoms with Crippen LogP contribution >= 0.6 is 0 Å². The highest BCUT2D eigenvalue weighted by atomic mass is 16.5.